The lowest BCUT2D eigenvalue weighted by molar-refractivity contribution is 0.416. The monoisotopic (exact) mass is 283 g/mol. The molecule has 0 unspecified atom stereocenters. The maximum absolute atomic E-state index is 5.30. The number of nitrogens with zero attached hydrogens (tertiary/aromatic N) is 1. The van der Waals surface area contributed by atoms with Gasteiger partial charge in [0.05, 0.1) is 18.1 Å². The molecule has 0 spiro atoms. The number of ether oxygens (including phenoxy) is 1. The highest BCUT2D eigenvalue weighted by atomic mass is 79.9. The van der Waals surface area contributed by atoms with Crippen molar-refractivity contribution in [2.45, 2.75) is 5.33 Å². The van der Waals surface area contributed by atoms with Crippen molar-refractivity contribution < 1.29 is 4.74 Å². The Bertz CT molecular complexity index is 455. The zero-order chi connectivity index (χ0) is 10.7. The van der Waals surface area contributed by atoms with Gasteiger partial charge < -0.3 is 4.74 Å². The van der Waals surface area contributed by atoms with Gasteiger partial charge in [-0.2, -0.15) is 0 Å². The predicted molar refractivity (Wildman–Crippen MR) is 66.7 cm³/mol. The third-order valence-corrected chi connectivity index (χ3v) is 3.80. The summed E-state index contributed by atoms with van der Waals surface area (Å²) in [4.78, 5) is 4.50. The van der Waals surface area contributed by atoms with Gasteiger partial charge in [0.2, 0.25) is 0 Å². The third kappa shape index (κ3) is 2.21. The number of para-hydroxylation sites is 1. The zero-order valence-corrected chi connectivity index (χ0v) is 10.6. The second-order valence-electron chi connectivity index (χ2n) is 2.96. The van der Waals surface area contributed by atoms with E-state index in [0.717, 1.165) is 27.3 Å². The van der Waals surface area contributed by atoms with Crippen molar-refractivity contribution in [2.75, 3.05) is 7.11 Å². The Morgan fingerprint density at radius 3 is 2.87 bits per heavy atom. The van der Waals surface area contributed by atoms with Crippen molar-refractivity contribution >= 4 is 27.3 Å². The van der Waals surface area contributed by atoms with Crippen LogP contribution in [-0.2, 0) is 5.33 Å². The molecule has 0 aliphatic rings. The van der Waals surface area contributed by atoms with Crippen LogP contribution in [0.5, 0.6) is 5.75 Å². The van der Waals surface area contributed by atoms with Crippen LogP contribution in [0.4, 0.5) is 0 Å². The molecule has 0 fully saturated rings. The molecule has 15 heavy (non-hydrogen) atoms. The number of rotatable bonds is 3. The molecule has 0 aliphatic carbocycles. The number of alkyl halides is 1. The van der Waals surface area contributed by atoms with Gasteiger partial charge in [-0.05, 0) is 12.1 Å². The SMILES string of the molecule is COc1ccccc1-c1csc(CBr)n1. The summed E-state index contributed by atoms with van der Waals surface area (Å²) in [6.07, 6.45) is 0. The Morgan fingerprint density at radius 2 is 2.20 bits per heavy atom. The van der Waals surface area contributed by atoms with Gasteiger partial charge in [0.1, 0.15) is 10.8 Å². The molecular formula is C11H10BrNOS. The van der Waals surface area contributed by atoms with Crippen molar-refractivity contribution in [3.05, 3.63) is 34.7 Å². The highest BCUT2D eigenvalue weighted by Gasteiger charge is 2.08. The summed E-state index contributed by atoms with van der Waals surface area (Å²) >= 11 is 5.05. The van der Waals surface area contributed by atoms with Gasteiger partial charge in [0.15, 0.2) is 0 Å². The standard InChI is InChI=1S/C11H10BrNOS/c1-14-10-5-3-2-4-8(10)9-7-15-11(6-12)13-9/h2-5,7H,6H2,1H3. The van der Waals surface area contributed by atoms with Crippen molar-refractivity contribution in [3.8, 4) is 17.0 Å². The molecule has 0 N–H and O–H groups in total. The van der Waals surface area contributed by atoms with Crippen LogP contribution in [0.2, 0.25) is 0 Å². The molecular weight excluding hydrogens is 274 g/mol. The van der Waals surface area contributed by atoms with E-state index in [1.807, 2.05) is 24.3 Å². The van der Waals surface area contributed by atoms with Gasteiger partial charge in [0, 0.05) is 10.9 Å². The number of halogens is 1. The average molecular weight is 284 g/mol. The summed E-state index contributed by atoms with van der Waals surface area (Å²) in [5.74, 6) is 0.865. The van der Waals surface area contributed by atoms with E-state index in [-0.39, 0.29) is 0 Å². The Kier molecular flexibility index (Phi) is 3.38. The van der Waals surface area contributed by atoms with Crippen LogP contribution in [0.15, 0.2) is 29.6 Å². The molecule has 1 aromatic carbocycles. The number of aromatic nitrogens is 1. The van der Waals surface area contributed by atoms with E-state index in [9.17, 15) is 0 Å². The fourth-order valence-corrected chi connectivity index (χ4v) is 2.52. The summed E-state index contributed by atoms with van der Waals surface area (Å²) in [6.45, 7) is 0. The van der Waals surface area contributed by atoms with Crippen LogP contribution in [0.25, 0.3) is 11.3 Å². The first-order valence-corrected chi connectivity index (χ1v) is 6.49. The van der Waals surface area contributed by atoms with Crippen LogP contribution >= 0.6 is 27.3 Å². The van der Waals surface area contributed by atoms with E-state index < -0.39 is 0 Å². The van der Waals surface area contributed by atoms with Gasteiger partial charge in [-0.15, -0.1) is 11.3 Å². The van der Waals surface area contributed by atoms with E-state index in [0.29, 0.717) is 0 Å². The molecule has 0 amide bonds. The van der Waals surface area contributed by atoms with Crippen LogP contribution in [0, 0.1) is 0 Å². The van der Waals surface area contributed by atoms with Crippen LogP contribution in [0.3, 0.4) is 0 Å². The molecule has 0 radical (unpaired) electrons. The largest absolute Gasteiger partial charge is 0.496 e. The summed E-state index contributed by atoms with van der Waals surface area (Å²) in [7, 11) is 1.68. The Hall–Kier alpha value is -0.870. The topological polar surface area (TPSA) is 22.1 Å². The number of methoxy groups -OCH3 is 1. The first kappa shape index (κ1) is 10.6. The van der Waals surface area contributed by atoms with Crippen LogP contribution in [-0.4, -0.2) is 12.1 Å². The van der Waals surface area contributed by atoms with E-state index in [1.54, 1.807) is 18.4 Å². The number of thiazole rings is 1. The number of benzene rings is 1. The summed E-state index contributed by atoms with van der Waals surface area (Å²) < 4.78 is 5.30. The molecule has 1 heterocycles. The Balaban J connectivity index is 2.44. The molecule has 2 nitrogen and oxygen atoms in total. The van der Waals surface area contributed by atoms with Gasteiger partial charge in [-0.3, -0.25) is 0 Å². The second-order valence-corrected chi connectivity index (χ2v) is 4.46. The lowest BCUT2D eigenvalue weighted by Crippen LogP contribution is -1.87. The molecule has 0 bridgehead atoms. The smallest absolute Gasteiger partial charge is 0.128 e. The Labute approximate surface area is 101 Å². The molecule has 78 valence electrons. The maximum atomic E-state index is 5.30. The van der Waals surface area contributed by atoms with Crippen molar-refractivity contribution in [1.82, 2.24) is 4.98 Å². The number of hydrogen-bond donors (Lipinski definition) is 0. The predicted octanol–water partition coefficient (Wildman–Crippen LogP) is 3.71. The summed E-state index contributed by atoms with van der Waals surface area (Å²) in [5.41, 5.74) is 2.02. The minimum absolute atomic E-state index is 0.798. The molecule has 2 rings (SSSR count). The molecule has 2 aromatic rings. The van der Waals surface area contributed by atoms with E-state index >= 15 is 0 Å². The average Bonchev–Trinajstić information content (AvgIpc) is 2.77. The van der Waals surface area contributed by atoms with E-state index in [1.165, 1.54) is 0 Å². The summed E-state index contributed by atoms with van der Waals surface area (Å²) in [5, 5.41) is 3.93. The summed E-state index contributed by atoms with van der Waals surface area (Å²) in [6, 6.07) is 7.92. The van der Waals surface area contributed by atoms with Crippen LogP contribution in [0.1, 0.15) is 5.01 Å². The first-order valence-electron chi connectivity index (χ1n) is 4.49. The molecule has 4 heteroatoms. The molecule has 0 saturated carbocycles. The normalized spacial score (nSPS) is 10.3. The van der Waals surface area contributed by atoms with Crippen molar-refractivity contribution in [1.29, 1.82) is 0 Å². The fourth-order valence-electron chi connectivity index (χ4n) is 1.35. The quantitative estimate of drug-likeness (QED) is 0.801. The van der Waals surface area contributed by atoms with Crippen molar-refractivity contribution in [3.63, 3.8) is 0 Å². The molecule has 0 atom stereocenters. The highest BCUT2D eigenvalue weighted by molar-refractivity contribution is 9.08. The third-order valence-electron chi connectivity index (χ3n) is 2.05. The van der Waals surface area contributed by atoms with Gasteiger partial charge in [-0.1, -0.05) is 28.1 Å². The minimum Gasteiger partial charge on any atom is -0.496 e. The lowest BCUT2D eigenvalue weighted by Gasteiger charge is -2.04. The van der Waals surface area contributed by atoms with Crippen molar-refractivity contribution in [2.24, 2.45) is 0 Å². The number of hydrogen-bond acceptors (Lipinski definition) is 3. The van der Waals surface area contributed by atoms with Gasteiger partial charge >= 0.3 is 0 Å². The zero-order valence-electron chi connectivity index (χ0n) is 8.24. The second kappa shape index (κ2) is 4.77. The highest BCUT2D eigenvalue weighted by Crippen LogP contribution is 2.30. The molecule has 0 aliphatic heterocycles. The lowest BCUT2D eigenvalue weighted by atomic mass is 10.1. The van der Waals surface area contributed by atoms with E-state index in [2.05, 4.69) is 26.3 Å². The fraction of sp³-hybridized carbons (Fsp3) is 0.182. The molecule has 1 aromatic heterocycles. The minimum atomic E-state index is 0.798. The molecule has 0 saturated heterocycles. The van der Waals surface area contributed by atoms with Gasteiger partial charge in [-0.25, -0.2) is 4.98 Å². The Morgan fingerprint density at radius 1 is 1.40 bits per heavy atom. The van der Waals surface area contributed by atoms with E-state index in [4.69, 9.17) is 4.74 Å². The van der Waals surface area contributed by atoms with Gasteiger partial charge in [0.25, 0.3) is 0 Å². The first-order chi connectivity index (χ1) is 7.35. The van der Waals surface area contributed by atoms with Crippen LogP contribution < -0.4 is 4.74 Å². The maximum Gasteiger partial charge on any atom is 0.128 e.